The van der Waals surface area contributed by atoms with Gasteiger partial charge in [0.2, 0.25) is 0 Å². The van der Waals surface area contributed by atoms with Crippen molar-refractivity contribution in [2.75, 3.05) is 18.9 Å². The Hall–Kier alpha value is -1.88. The first kappa shape index (κ1) is 19.4. The van der Waals surface area contributed by atoms with Gasteiger partial charge < -0.3 is 15.3 Å². The number of aliphatic hydroxyl groups excluding tert-OH is 1. The summed E-state index contributed by atoms with van der Waals surface area (Å²) in [5.74, 6) is -1.15. The van der Waals surface area contributed by atoms with E-state index in [1.54, 1.807) is 7.05 Å². The first-order valence-corrected chi connectivity index (χ1v) is 9.04. The number of amides is 2. The molecule has 25 heavy (non-hydrogen) atoms. The molecule has 0 spiro atoms. The van der Waals surface area contributed by atoms with E-state index >= 15 is 0 Å². The van der Waals surface area contributed by atoms with Crippen molar-refractivity contribution in [1.82, 2.24) is 4.90 Å². The molecule has 2 atom stereocenters. The van der Waals surface area contributed by atoms with Gasteiger partial charge in [-0.3, -0.25) is 9.59 Å². The first-order chi connectivity index (χ1) is 11.7. The Morgan fingerprint density at radius 2 is 1.84 bits per heavy atom. The molecule has 0 aliphatic heterocycles. The lowest BCUT2D eigenvalue weighted by atomic mass is 9.86. The van der Waals surface area contributed by atoms with Crippen LogP contribution in [-0.4, -0.2) is 41.5 Å². The molecule has 0 radical (unpaired) electrons. The van der Waals surface area contributed by atoms with Crippen LogP contribution in [0.5, 0.6) is 0 Å². The van der Waals surface area contributed by atoms with Gasteiger partial charge in [-0.25, -0.2) is 0 Å². The second kappa shape index (κ2) is 8.00. The van der Waals surface area contributed by atoms with Crippen LogP contribution in [-0.2, 0) is 15.0 Å². The molecule has 0 aromatic heterocycles. The summed E-state index contributed by atoms with van der Waals surface area (Å²) in [6.45, 7) is 6.61. The third-order valence-corrected chi connectivity index (χ3v) is 4.90. The topological polar surface area (TPSA) is 69.6 Å². The molecule has 1 aliphatic carbocycles. The Bertz CT molecular complexity index is 622. The first-order valence-electron chi connectivity index (χ1n) is 9.04. The molecule has 5 heteroatoms. The number of carbonyl (C=O) groups is 2. The van der Waals surface area contributed by atoms with E-state index in [9.17, 15) is 14.7 Å². The van der Waals surface area contributed by atoms with E-state index in [1.165, 1.54) is 4.90 Å². The zero-order valence-corrected chi connectivity index (χ0v) is 15.7. The highest BCUT2D eigenvalue weighted by Gasteiger charge is 2.28. The number of nitrogens with one attached hydrogen (secondary N) is 1. The number of hydrogen-bond acceptors (Lipinski definition) is 3. The Kier molecular flexibility index (Phi) is 6.22. The molecular formula is C20H30N2O3. The van der Waals surface area contributed by atoms with Crippen LogP contribution in [0.3, 0.4) is 0 Å². The lowest BCUT2D eigenvalue weighted by Gasteiger charge is -2.31. The molecule has 2 amide bonds. The van der Waals surface area contributed by atoms with Gasteiger partial charge in [0, 0.05) is 25.2 Å². The van der Waals surface area contributed by atoms with Crippen molar-refractivity contribution in [3.8, 4) is 0 Å². The van der Waals surface area contributed by atoms with Crippen LogP contribution in [0.15, 0.2) is 24.3 Å². The van der Waals surface area contributed by atoms with E-state index in [4.69, 9.17) is 0 Å². The van der Waals surface area contributed by atoms with E-state index in [0.29, 0.717) is 12.2 Å². The highest BCUT2D eigenvalue weighted by atomic mass is 16.3. The molecule has 1 aliphatic rings. The molecule has 0 bridgehead atoms. The molecule has 1 fully saturated rings. The van der Waals surface area contributed by atoms with Crippen LogP contribution in [0.4, 0.5) is 5.69 Å². The Morgan fingerprint density at radius 1 is 1.20 bits per heavy atom. The third kappa shape index (κ3) is 5.05. The zero-order chi connectivity index (χ0) is 18.6. The van der Waals surface area contributed by atoms with Gasteiger partial charge in [0.25, 0.3) is 0 Å². The zero-order valence-electron chi connectivity index (χ0n) is 15.7. The normalized spacial score (nSPS) is 20.8. The molecule has 1 aromatic rings. The van der Waals surface area contributed by atoms with Crippen LogP contribution in [0.1, 0.15) is 52.0 Å². The SMILES string of the molecule is CN(CC1CCCCC1O)C(=O)C(=O)Nc1ccccc1C(C)(C)C. The van der Waals surface area contributed by atoms with E-state index in [2.05, 4.69) is 26.1 Å². The fraction of sp³-hybridized carbons (Fsp3) is 0.600. The average molecular weight is 346 g/mol. The third-order valence-electron chi connectivity index (χ3n) is 4.90. The van der Waals surface area contributed by atoms with Gasteiger partial charge in [-0.1, -0.05) is 51.8 Å². The van der Waals surface area contributed by atoms with Crippen LogP contribution in [0.2, 0.25) is 0 Å². The quantitative estimate of drug-likeness (QED) is 0.827. The molecule has 1 saturated carbocycles. The summed E-state index contributed by atoms with van der Waals surface area (Å²) in [5.41, 5.74) is 1.52. The number of aliphatic hydroxyl groups is 1. The van der Waals surface area contributed by atoms with Gasteiger partial charge in [0.15, 0.2) is 0 Å². The van der Waals surface area contributed by atoms with Gasteiger partial charge in [0.05, 0.1) is 6.10 Å². The number of benzene rings is 1. The number of rotatable bonds is 3. The minimum Gasteiger partial charge on any atom is -0.393 e. The number of likely N-dealkylation sites (N-methyl/N-ethyl adjacent to an activating group) is 1. The number of anilines is 1. The van der Waals surface area contributed by atoms with Crippen LogP contribution in [0.25, 0.3) is 0 Å². The monoisotopic (exact) mass is 346 g/mol. The second-order valence-corrected chi connectivity index (χ2v) is 8.05. The van der Waals surface area contributed by atoms with E-state index in [-0.39, 0.29) is 17.4 Å². The Labute approximate surface area is 150 Å². The summed E-state index contributed by atoms with van der Waals surface area (Å²) >= 11 is 0. The molecule has 2 unspecified atom stereocenters. The van der Waals surface area contributed by atoms with Crippen molar-refractivity contribution >= 4 is 17.5 Å². The number of hydrogen-bond donors (Lipinski definition) is 2. The highest BCUT2D eigenvalue weighted by Crippen LogP contribution is 2.29. The molecule has 138 valence electrons. The van der Waals surface area contributed by atoms with Crippen LogP contribution < -0.4 is 5.32 Å². The summed E-state index contributed by atoms with van der Waals surface area (Å²) in [4.78, 5) is 26.2. The second-order valence-electron chi connectivity index (χ2n) is 8.05. The summed E-state index contributed by atoms with van der Waals surface area (Å²) < 4.78 is 0. The molecule has 2 N–H and O–H groups in total. The van der Waals surface area contributed by atoms with Crippen LogP contribution in [0, 0.1) is 5.92 Å². The van der Waals surface area contributed by atoms with Crippen molar-refractivity contribution in [2.24, 2.45) is 5.92 Å². The van der Waals surface area contributed by atoms with Crippen molar-refractivity contribution < 1.29 is 14.7 Å². The molecule has 0 saturated heterocycles. The fourth-order valence-corrected chi connectivity index (χ4v) is 3.43. The van der Waals surface area contributed by atoms with Crippen molar-refractivity contribution in [3.63, 3.8) is 0 Å². The molecule has 0 heterocycles. The predicted molar refractivity (Wildman–Crippen MR) is 99.4 cm³/mol. The van der Waals surface area contributed by atoms with Gasteiger partial charge in [0.1, 0.15) is 0 Å². The van der Waals surface area contributed by atoms with Gasteiger partial charge in [-0.05, 0) is 29.9 Å². The number of carbonyl (C=O) groups excluding carboxylic acids is 2. The van der Waals surface area contributed by atoms with Gasteiger partial charge in [-0.15, -0.1) is 0 Å². The van der Waals surface area contributed by atoms with Crippen molar-refractivity contribution in [1.29, 1.82) is 0 Å². The maximum Gasteiger partial charge on any atom is 0.313 e. The highest BCUT2D eigenvalue weighted by molar-refractivity contribution is 6.39. The van der Waals surface area contributed by atoms with Gasteiger partial charge in [-0.2, -0.15) is 0 Å². The maximum atomic E-state index is 12.4. The number of nitrogens with zero attached hydrogens (tertiary/aromatic N) is 1. The van der Waals surface area contributed by atoms with Gasteiger partial charge >= 0.3 is 11.8 Å². The lowest BCUT2D eigenvalue weighted by Crippen LogP contribution is -2.42. The smallest absolute Gasteiger partial charge is 0.313 e. The predicted octanol–water partition coefficient (Wildman–Crippen LogP) is 2.93. The standard InChI is InChI=1S/C20H30N2O3/c1-20(2,3)15-10-6-7-11-16(15)21-18(24)19(25)22(4)13-14-9-5-8-12-17(14)23/h6-7,10-11,14,17,23H,5,8-9,12-13H2,1-4H3,(H,21,24). The summed E-state index contributed by atoms with van der Waals surface area (Å²) in [6.07, 6.45) is 3.38. The Balaban J connectivity index is 2.02. The minimum absolute atomic E-state index is 0.0531. The van der Waals surface area contributed by atoms with Crippen molar-refractivity contribution in [3.05, 3.63) is 29.8 Å². The summed E-state index contributed by atoms with van der Waals surface area (Å²) in [7, 11) is 1.62. The molecule has 5 nitrogen and oxygen atoms in total. The van der Waals surface area contributed by atoms with Crippen LogP contribution >= 0.6 is 0 Å². The van der Waals surface area contributed by atoms with E-state index in [0.717, 1.165) is 31.2 Å². The van der Waals surface area contributed by atoms with Crippen molar-refractivity contribution in [2.45, 2.75) is 58.0 Å². The number of para-hydroxylation sites is 1. The fourth-order valence-electron chi connectivity index (χ4n) is 3.43. The van der Waals surface area contributed by atoms with E-state index in [1.807, 2.05) is 24.3 Å². The average Bonchev–Trinajstić information content (AvgIpc) is 2.55. The minimum atomic E-state index is -0.635. The molecule has 1 aromatic carbocycles. The van der Waals surface area contributed by atoms with E-state index < -0.39 is 11.8 Å². The molecule has 2 rings (SSSR count). The largest absolute Gasteiger partial charge is 0.393 e. The Morgan fingerprint density at radius 3 is 2.48 bits per heavy atom. The maximum absolute atomic E-state index is 12.4. The summed E-state index contributed by atoms with van der Waals surface area (Å²) in [6, 6.07) is 7.55. The molecular weight excluding hydrogens is 316 g/mol. The lowest BCUT2D eigenvalue weighted by molar-refractivity contribution is -0.143. The summed E-state index contributed by atoms with van der Waals surface area (Å²) in [5, 5.41) is 12.8.